The zero-order valence-electron chi connectivity index (χ0n) is 16.2. The fraction of sp³-hybridized carbons (Fsp3) is 0.200. The van der Waals surface area contributed by atoms with Gasteiger partial charge in [0.2, 0.25) is 0 Å². The van der Waals surface area contributed by atoms with Crippen molar-refractivity contribution in [2.24, 2.45) is 0 Å². The number of halogens is 1. The van der Waals surface area contributed by atoms with Gasteiger partial charge in [-0.1, -0.05) is 36.0 Å². The number of rotatable bonds is 8. The molecule has 0 aliphatic rings. The zero-order valence-corrected chi connectivity index (χ0v) is 19.2. The number of hydrogen-bond donors (Lipinski definition) is 1. The molecule has 1 aromatic heterocycles. The number of ether oxygens (including phenoxy) is 2. The summed E-state index contributed by atoms with van der Waals surface area (Å²) in [7, 11) is 3.13. The number of nitrogens with zero attached hydrogens (tertiary/aromatic N) is 2. The summed E-state index contributed by atoms with van der Waals surface area (Å²) in [6.07, 6.45) is 0.432. The van der Waals surface area contributed by atoms with Crippen LogP contribution in [0.3, 0.4) is 0 Å². The molecule has 0 saturated carbocycles. The van der Waals surface area contributed by atoms with Crippen molar-refractivity contribution in [2.75, 3.05) is 14.2 Å². The molecule has 0 aliphatic heterocycles. The second kappa shape index (κ2) is 9.94. The van der Waals surface area contributed by atoms with Crippen LogP contribution in [0.25, 0.3) is 0 Å². The van der Waals surface area contributed by atoms with Crippen LogP contribution >= 0.6 is 34.4 Å². The van der Waals surface area contributed by atoms with Gasteiger partial charge in [0.15, 0.2) is 16.7 Å². The minimum atomic E-state index is -0.414. The van der Waals surface area contributed by atoms with Gasteiger partial charge in [-0.05, 0) is 40.3 Å². The SMILES string of the molecule is COc1ccc(Cc2nc(SCc3ccccc3[N+](=O)[O-])[nH]c(=O)c2I)cc1OC. The lowest BCUT2D eigenvalue weighted by molar-refractivity contribution is -0.385. The molecule has 10 heteroatoms. The summed E-state index contributed by atoms with van der Waals surface area (Å²) in [5, 5.41) is 11.6. The molecule has 0 fully saturated rings. The number of aromatic nitrogens is 2. The van der Waals surface area contributed by atoms with Gasteiger partial charge in [-0.15, -0.1) is 0 Å². The maximum Gasteiger partial charge on any atom is 0.273 e. The molecule has 1 N–H and O–H groups in total. The Morgan fingerprint density at radius 3 is 2.60 bits per heavy atom. The lowest BCUT2D eigenvalue weighted by Gasteiger charge is -2.11. The number of methoxy groups -OCH3 is 2. The lowest BCUT2D eigenvalue weighted by atomic mass is 10.1. The van der Waals surface area contributed by atoms with E-state index in [1.54, 1.807) is 38.5 Å². The topological polar surface area (TPSA) is 107 Å². The Morgan fingerprint density at radius 2 is 1.90 bits per heavy atom. The first kappa shape index (κ1) is 22.1. The Morgan fingerprint density at radius 1 is 1.17 bits per heavy atom. The number of aromatic amines is 1. The minimum absolute atomic E-state index is 0.0448. The van der Waals surface area contributed by atoms with Crippen LogP contribution in [0, 0.1) is 13.7 Å². The maximum absolute atomic E-state index is 12.4. The monoisotopic (exact) mass is 539 g/mol. The maximum atomic E-state index is 12.4. The molecule has 156 valence electrons. The molecule has 0 atom stereocenters. The molecule has 0 spiro atoms. The lowest BCUT2D eigenvalue weighted by Crippen LogP contribution is -2.16. The van der Waals surface area contributed by atoms with Crippen molar-refractivity contribution in [3.8, 4) is 11.5 Å². The third-order valence-corrected chi connectivity index (χ3v) is 6.32. The molecule has 8 nitrogen and oxygen atoms in total. The van der Waals surface area contributed by atoms with E-state index in [1.165, 1.54) is 17.8 Å². The molecule has 3 rings (SSSR count). The number of para-hydroxylation sites is 1. The van der Waals surface area contributed by atoms with Crippen molar-refractivity contribution in [1.82, 2.24) is 9.97 Å². The molecule has 0 aliphatic carbocycles. The first-order chi connectivity index (χ1) is 14.4. The summed E-state index contributed by atoms with van der Waals surface area (Å²) in [5.74, 6) is 1.53. The van der Waals surface area contributed by atoms with Crippen LogP contribution in [0.1, 0.15) is 16.8 Å². The summed E-state index contributed by atoms with van der Waals surface area (Å²) in [6.45, 7) is 0. The van der Waals surface area contributed by atoms with Gasteiger partial charge in [0.1, 0.15) is 3.57 Å². The first-order valence-electron chi connectivity index (χ1n) is 8.77. The Bertz CT molecular complexity index is 1140. The number of nitro groups is 1. The predicted molar refractivity (Wildman–Crippen MR) is 123 cm³/mol. The van der Waals surface area contributed by atoms with E-state index >= 15 is 0 Å². The summed E-state index contributed by atoms with van der Waals surface area (Å²) in [6, 6.07) is 12.1. The van der Waals surface area contributed by atoms with Crippen molar-refractivity contribution < 1.29 is 14.4 Å². The van der Waals surface area contributed by atoms with Gasteiger partial charge in [0, 0.05) is 23.8 Å². The van der Waals surface area contributed by atoms with Crippen LogP contribution in [-0.2, 0) is 12.2 Å². The second-order valence-electron chi connectivity index (χ2n) is 6.17. The minimum Gasteiger partial charge on any atom is -0.493 e. The average molecular weight is 539 g/mol. The van der Waals surface area contributed by atoms with Crippen molar-refractivity contribution >= 4 is 40.0 Å². The quantitative estimate of drug-likeness (QED) is 0.151. The molecule has 2 aromatic carbocycles. The summed E-state index contributed by atoms with van der Waals surface area (Å²) in [4.78, 5) is 30.5. The summed E-state index contributed by atoms with van der Waals surface area (Å²) < 4.78 is 11.1. The van der Waals surface area contributed by atoms with E-state index in [2.05, 4.69) is 9.97 Å². The Hall–Kier alpha value is -2.60. The normalized spacial score (nSPS) is 10.6. The van der Waals surface area contributed by atoms with Crippen molar-refractivity contribution in [3.05, 3.63) is 83.3 Å². The fourth-order valence-corrected chi connectivity index (χ4v) is 4.13. The van der Waals surface area contributed by atoms with Gasteiger partial charge in [0.05, 0.1) is 24.8 Å². The van der Waals surface area contributed by atoms with Crippen LogP contribution in [-0.4, -0.2) is 29.1 Å². The number of H-pyrrole nitrogens is 1. The first-order valence-corrected chi connectivity index (χ1v) is 10.8. The average Bonchev–Trinajstić information content (AvgIpc) is 2.75. The Kier molecular flexibility index (Phi) is 7.32. The van der Waals surface area contributed by atoms with Gasteiger partial charge in [0.25, 0.3) is 11.2 Å². The highest BCUT2D eigenvalue weighted by Gasteiger charge is 2.15. The smallest absolute Gasteiger partial charge is 0.273 e. The number of nitrogens with one attached hydrogen (secondary N) is 1. The largest absolute Gasteiger partial charge is 0.493 e. The van der Waals surface area contributed by atoms with Crippen LogP contribution in [0.15, 0.2) is 52.4 Å². The van der Waals surface area contributed by atoms with Crippen molar-refractivity contribution in [3.63, 3.8) is 0 Å². The van der Waals surface area contributed by atoms with Gasteiger partial charge >= 0.3 is 0 Å². The van der Waals surface area contributed by atoms with E-state index in [4.69, 9.17) is 9.47 Å². The van der Waals surface area contributed by atoms with E-state index in [0.717, 1.165) is 5.56 Å². The third-order valence-electron chi connectivity index (χ3n) is 4.28. The van der Waals surface area contributed by atoms with E-state index in [0.29, 0.717) is 43.7 Å². The number of benzene rings is 2. The molecule has 3 aromatic rings. The van der Waals surface area contributed by atoms with E-state index in [1.807, 2.05) is 34.7 Å². The third kappa shape index (κ3) is 5.11. The number of thioether (sulfide) groups is 1. The zero-order chi connectivity index (χ0) is 21.7. The van der Waals surface area contributed by atoms with E-state index in [-0.39, 0.29) is 11.2 Å². The molecule has 1 heterocycles. The Balaban J connectivity index is 1.85. The molecular weight excluding hydrogens is 521 g/mol. The van der Waals surface area contributed by atoms with E-state index in [9.17, 15) is 14.9 Å². The predicted octanol–water partition coefficient (Wildman–Crippen LogP) is 4.18. The van der Waals surface area contributed by atoms with E-state index < -0.39 is 4.92 Å². The van der Waals surface area contributed by atoms with Crippen LogP contribution in [0.4, 0.5) is 5.69 Å². The van der Waals surface area contributed by atoms with Gasteiger partial charge in [-0.25, -0.2) is 4.98 Å². The second-order valence-corrected chi connectivity index (χ2v) is 8.22. The van der Waals surface area contributed by atoms with Crippen molar-refractivity contribution in [2.45, 2.75) is 17.3 Å². The standard InChI is InChI=1S/C20H18IN3O5S/c1-28-16-8-7-12(10-17(16)29-2)9-14-18(21)19(25)23-20(22-14)30-11-13-5-3-4-6-15(13)24(26)27/h3-8,10H,9,11H2,1-2H3,(H,22,23,25). The molecule has 0 saturated heterocycles. The molecular formula is C20H18IN3O5S. The molecule has 0 unspecified atom stereocenters. The van der Waals surface area contributed by atoms with Crippen LogP contribution in [0.5, 0.6) is 11.5 Å². The summed E-state index contributed by atoms with van der Waals surface area (Å²) in [5.41, 5.74) is 1.90. The highest BCUT2D eigenvalue weighted by Crippen LogP contribution is 2.29. The molecule has 0 radical (unpaired) electrons. The number of hydrogen-bond acceptors (Lipinski definition) is 7. The van der Waals surface area contributed by atoms with Gasteiger partial charge in [-0.2, -0.15) is 0 Å². The van der Waals surface area contributed by atoms with Gasteiger partial charge in [-0.3, -0.25) is 14.9 Å². The Labute approximate surface area is 190 Å². The summed E-state index contributed by atoms with van der Waals surface area (Å²) >= 11 is 3.22. The van der Waals surface area contributed by atoms with Gasteiger partial charge < -0.3 is 14.5 Å². The molecule has 30 heavy (non-hydrogen) atoms. The fourth-order valence-electron chi connectivity index (χ4n) is 2.81. The highest BCUT2D eigenvalue weighted by atomic mass is 127. The van der Waals surface area contributed by atoms with Crippen LogP contribution < -0.4 is 15.0 Å². The highest BCUT2D eigenvalue weighted by molar-refractivity contribution is 14.1. The van der Waals surface area contributed by atoms with Crippen molar-refractivity contribution in [1.29, 1.82) is 0 Å². The van der Waals surface area contributed by atoms with Crippen LogP contribution in [0.2, 0.25) is 0 Å². The number of nitro benzene ring substituents is 1. The molecule has 0 bridgehead atoms. The molecule has 0 amide bonds.